The Morgan fingerprint density at radius 1 is 0.931 bits per heavy atom. The minimum atomic E-state index is -0.629. The van der Waals surface area contributed by atoms with Gasteiger partial charge in [-0.1, -0.05) is 54.0 Å². The molecule has 0 fully saturated rings. The Bertz CT molecular complexity index is 1380. The van der Waals surface area contributed by atoms with Gasteiger partial charge in [0.05, 0.1) is 11.3 Å². The molecule has 140 valence electrons. The van der Waals surface area contributed by atoms with Gasteiger partial charge in [-0.2, -0.15) is 0 Å². The van der Waals surface area contributed by atoms with E-state index in [2.05, 4.69) is 5.32 Å². The smallest absolute Gasteiger partial charge is 0.332 e. The van der Waals surface area contributed by atoms with Crippen LogP contribution in [-0.4, -0.2) is 22.8 Å². The zero-order valence-corrected chi connectivity index (χ0v) is 15.9. The lowest BCUT2D eigenvalue weighted by molar-refractivity contribution is 0.103. The first-order chi connectivity index (χ1) is 13.9. The zero-order chi connectivity index (χ0) is 20.4. The Morgan fingerprint density at radius 2 is 1.66 bits per heavy atom. The fourth-order valence-electron chi connectivity index (χ4n) is 4.33. The molecule has 2 aliphatic rings. The summed E-state index contributed by atoms with van der Waals surface area (Å²) in [5.74, 6) is -0.360. The van der Waals surface area contributed by atoms with E-state index in [0.717, 1.165) is 15.7 Å². The van der Waals surface area contributed by atoms with Crippen molar-refractivity contribution in [2.24, 2.45) is 14.1 Å². The predicted molar refractivity (Wildman–Crippen MR) is 112 cm³/mol. The van der Waals surface area contributed by atoms with Crippen molar-refractivity contribution in [1.29, 1.82) is 0 Å². The van der Waals surface area contributed by atoms with E-state index in [-0.39, 0.29) is 5.78 Å². The lowest BCUT2D eigenvalue weighted by Crippen LogP contribution is -2.42. The molecule has 29 heavy (non-hydrogen) atoms. The fourth-order valence-corrected chi connectivity index (χ4v) is 4.33. The number of rotatable bonds is 1. The van der Waals surface area contributed by atoms with E-state index in [9.17, 15) is 14.4 Å². The Hall–Kier alpha value is -3.61. The van der Waals surface area contributed by atoms with Gasteiger partial charge in [0.25, 0.3) is 5.56 Å². The van der Waals surface area contributed by atoms with E-state index < -0.39 is 17.2 Å². The fraction of sp³-hybridized carbons (Fsp3) is 0.136. The third kappa shape index (κ3) is 2.27. The number of benzene rings is 2. The van der Waals surface area contributed by atoms with Gasteiger partial charge >= 0.3 is 5.69 Å². The number of nitrogens with zero attached hydrogens (tertiary/aromatic N) is 2. The second-order valence-corrected chi connectivity index (χ2v) is 7.36. The van der Waals surface area contributed by atoms with E-state index in [0.29, 0.717) is 33.7 Å². The van der Waals surface area contributed by atoms with Crippen molar-refractivity contribution in [3.05, 3.63) is 97.2 Å². The predicted octanol–water partition coefficient (Wildman–Crippen LogP) is 1.04. The highest BCUT2D eigenvalue weighted by Crippen LogP contribution is 2.47. The summed E-state index contributed by atoms with van der Waals surface area (Å²) in [6.45, 7) is 0. The summed E-state index contributed by atoms with van der Waals surface area (Å²) < 4.78 is 2.48. The molecule has 5 rings (SSSR count). The molecule has 2 radical (unpaired) electrons. The highest BCUT2D eigenvalue weighted by atomic mass is 16.2. The van der Waals surface area contributed by atoms with Gasteiger partial charge in [0, 0.05) is 36.7 Å². The Labute approximate surface area is 167 Å². The molecule has 1 N–H and O–H groups in total. The van der Waals surface area contributed by atoms with Crippen LogP contribution in [0.1, 0.15) is 33.0 Å². The Balaban J connectivity index is 1.90. The lowest BCUT2D eigenvalue weighted by atomic mass is 9.79. The van der Waals surface area contributed by atoms with Crippen LogP contribution in [0.5, 0.6) is 0 Å². The number of carbonyl (C=O) groups is 1. The van der Waals surface area contributed by atoms with Crippen molar-refractivity contribution in [3.63, 3.8) is 0 Å². The number of anilines is 1. The summed E-state index contributed by atoms with van der Waals surface area (Å²) in [6, 6.07) is 14.5. The van der Waals surface area contributed by atoms with Crippen molar-refractivity contribution >= 4 is 30.6 Å². The van der Waals surface area contributed by atoms with Crippen LogP contribution in [-0.2, 0) is 14.1 Å². The second kappa shape index (κ2) is 5.94. The average Bonchev–Trinajstić information content (AvgIpc) is 3.01. The van der Waals surface area contributed by atoms with E-state index in [4.69, 9.17) is 7.85 Å². The van der Waals surface area contributed by atoms with Crippen molar-refractivity contribution in [2.45, 2.75) is 5.92 Å². The van der Waals surface area contributed by atoms with Crippen LogP contribution in [0.15, 0.2) is 63.7 Å². The van der Waals surface area contributed by atoms with Gasteiger partial charge in [0.1, 0.15) is 13.7 Å². The van der Waals surface area contributed by atoms with Gasteiger partial charge < -0.3 is 5.32 Å². The maximum Gasteiger partial charge on any atom is 0.332 e. The molecule has 1 aromatic heterocycles. The largest absolute Gasteiger partial charge is 0.340 e. The van der Waals surface area contributed by atoms with E-state index in [1.165, 1.54) is 11.6 Å². The minimum absolute atomic E-state index is 0.128. The van der Waals surface area contributed by atoms with Gasteiger partial charge in [-0.25, -0.2) is 4.79 Å². The van der Waals surface area contributed by atoms with Crippen LogP contribution in [0.3, 0.4) is 0 Å². The van der Waals surface area contributed by atoms with Gasteiger partial charge in [0.2, 0.25) is 0 Å². The molecule has 1 aliphatic heterocycles. The molecule has 0 amide bonds. The van der Waals surface area contributed by atoms with Gasteiger partial charge in [0.15, 0.2) is 5.78 Å². The molecule has 7 heteroatoms. The van der Waals surface area contributed by atoms with Crippen LogP contribution < -0.4 is 22.0 Å². The first kappa shape index (κ1) is 17.5. The number of allylic oxidation sites excluding steroid dienone is 1. The van der Waals surface area contributed by atoms with E-state index in [1.807, 2.05) is 24.3 Å². The summed E-state index contributed by atoms with van der Waals surface area (Å²) in [7, 11) is 9.06. The average molecular weight is 381 g/mol. The summed E-state index contributed by atoms with van der Waals surface area (Å²) in [5, 5.41) is 3.21. The number of Topliss-reactive ketones (excluding diaryl/α,β-unsaturated/α-hetero) is 1. The molecule has 0 saturated carbocycles. The van der Waals surface area contributed by atoms with Crippen LogP contribution in [0.25, 0.3) is 5.70 Å². The van der Waals surface area contributed by atoms with Crippen molar-refractivity contribution in [2.75, 3.05) is 5.32 Å². The third-order valence-corrected chi connectivity index (χ3v) is 5.72. The normalized spacial score (nSPS) is 16.9. The first-order valence-electron chi connectivity index (χ1n) is 9.20. The summed E-state index contributed by atoms with van der Waals surface area (Å²) in [6.07, 6.45) is 0. The maximum absolute atomic E-state index is 13.4. The molecule has 2 heterocycles. The highest BCUT2D eigenvalue weighted by molar-refractivity contribution is 6.32. The van der Waals surface area contributed by atoms with Crippen molar-refractivity contribution < 1.29 is 4.79 Å². The van der Waals surface area contributed by atoms with Gasteiger partial charge in [-0.05, 0) is 5.56 Å². The zero-order valence-electron chi connectivity index (χ0n) is 15.9. The van der Waals surface area contributed by atoms with E-state index >= 15 is 0 Å². The topological polar surface area (TPSA) is 73.1 Å². The molecule has 3 aromatic rings. The quantitative estimate of drug-likeness (QED) is 0.640. The molecule has 6 nitrogen and oxygen atoms in total. The first-order valence-corrected chi connectivity index (χ1v) is 9.20. The molecule has 0 spiro atoms. The van der Waals surface area contributed by atoms with Crippen LogP contribution in [0.2, 0.25) is 0 Å². The van der Waals surface area contributed by atoms with Crippen molar-refractivity contribution in [1.82, 2.24) is 9.13 Å². The standard InChI is InChI=1S/C22H16BN3O3/c1-25-20-17(21(28)26(2)22(25)29)15(11-6-5-7-12(23)10-11)16-18(24-20)13-8-3-4-9-14(13)19(16)27/h3-10,15,24H,1-2H3. The maximum atomic E-state index is 13.4. The number of nitrogens with one attached hydrogen (secondary N) is 1. The SMILES string of the molecule is [B]c1cccc(C2C3=C(Nc4c2c(=O)n(C)c(=O)n4C)c2ccccc2C3=O)c1. The Kier molecular flexibility index (Phi) is 3.58. The number of aromatic nitrogens is 2. The molecular weight excluding hydrogens is 365 g/mol. The number of hydrogen-bond donors (Lipinski definition) is 1. The van der Waals surface area contributed by atoms with Crippen molar-refractivity contribution in [3.8, 4) is 0 Å². The van der Waals surface area contributed by atoms with E-state index in [1.54, 1.807) is 31.3 Å². The summed E-state index contributed by atoms with van der Waals surface area (Å²) in [5.41, 5.74) is 3.24. The molecular formula is C22H16BN3O3. The number of hydrogen-bond acceptors (Lipinski definition) is 4. The van der Waals surface area contributed by atoms with Crippen LogP contribution in [0.4, 0.5) is 5.82 Å². The number of ketones is 1. The van der Waals surface area contributed by atoms with Gasteiger partial charge in [-0.15, -0.1) is 0 Å². The summed E-state index contributed by atoms with van der Waals surface area (Å²) >= 11 is 0. The molecule has 0 saturated heterocycles. The molecule has 1 atom stereocenters. The monoisotopic (exact) mass is 381 g/mol. The number of fused-ring (bicyclic) bond motifs is 3. The molecule has 0 bridgehead atoms. The molecule has 1 unspecified atom stereocenters. The Morgan fingerprint density at radius 3 is 2.38 bits per heavy atom. The van der Waals surface area contributed by atoms with Crippen LogP contribution >= 0.6 is 0 Å². The summed E-state index contributed by atoms with van der Waals surface area (Å²) in [4.78, 5) is 39.1. The highest BCUT2D eigenvalue weighted by Gasteiger charge is 2.42. The number of carbonyl (C=O) groups excluding carboxylic acids is 1. The minimum Gasteiger partial charge on any atom is -0.340 e. The second-order valence-electron chi connectivity index (χ2n) is 7.36. The molecule has 2 aromatic carbocycles. The third-order valence-electron chi connectivity index (χ3n) is 5.72. The van der Waals surface area contributed by atoms with Gasteiger partial charge in [-0.3, -0.25) is 18.7 Å². The molecule has 1 aliphatic carbocycles. The van der Waals surface area contributed by atoms with Crippen LogP contribution in [0, 0.1) is 0 Å². The lowest BCUT2D eigenvalue weighted by Gasteiger charge is -2.29.